The van der Waals surface area contributed by atoms with Crippen LogP contribution in [0, 0.1) is 12.3 Å². The topological polar surface area (TPSA) is 62.2 Å². The van der Waals surface area contributed by atoms with Crippen LogP contribution in [-0.4, -0.2) is 51.4 Å². The van der Waals surface area contributed by atoms with Crippen LogP contribution in [-0.2, 0) is 4.79 Å². The minimum Gasteiger partial charge on any atom is -0.355 e. The minimum atomic E-state index is 0.170. The van der Waals surface area contributed by atoms with E-state index in [2.05, 4.69) is 39.7 Å². The Balaban J connectivity index is 1.67. The molecule has 2 aliphatic rings. The summed E-state index contributed by atoms with van der Waals surface area (Å²) in [5, 5.41) is 1.02. The van der Waals surface area contributed by atoms with Crippen LogP contribution >= 0.6 is 0 Å². The van der Waals surface area contributed by atoms with Gasteiger partial charge in [-0.05, 0) is 52.2 Å². The molecule has 1 amide bonds. The Kier molecular flexibility index (Phi) is 4.29. The van der Waals surface area contributed by atoms with Gasteiger partial charge in [-0.1, -0.05) is 0 Å². The summed E-state index contributed by atoms with van der Waals surface area (Å²) >= 11 is 0. The summed E-state index contributed by atoms with van der Waals surface area (Å²) in [5.41, 5.74) is 0.932. The highest BCUT2D eigenvalue weighted by Crippen LogP contribution is 2.41. The molecule has 6 heteroatoms. The molecule has 0 radical (unpaired) electrons. The summed E-state index contributed by atoms with van der Waals surface area (Å²) < 4.78 is 0. The highest BCUT2D eigenvalue weighted by molar-refractivity contribution is 5.87. The van der Waals surface area contributed by atoms with E-state index in [1.807, 2.05) is 13.0 Å². The molecule has 0 aliphatic carbocycles. The van der Waals surface area contributed by atoms with Gasteiger partial charge in [0.2, 0.25) is 5.91 Å². The van der Waals surface area contributed by atoms with Crippen LogP contribution < -0.4 is 4.90 Å². The van der Waals surface area contributed by atoms with Crippen LogP contribution in [0.4, 0.5) is 5.82 Å². The molecule has 2 aromatic rings. The third-order valence-electron chi connectivity index (χ3n) is 5.84. The molecular formula is C20H27N5O. The number of hydrogen-bond donors (Lipinski definition) is 0. The fourth-order valence-electron chi connectivity index (χ4n) is 4.53. The number of anilines is 1. The molecule has 0 N–H and O–H groups in total. The predicted molar refractivity (Wildman–Crippen MR) is 102 cm³/mol. The second-order valence-electron chi connectivity index (χ2n) is 8.11. The van der Waals surface area contributed by atoms with Crippen molar-refractivity contribution in [3.63, 3.8) is 0 Å². The van der Waals surface area contributed by atoms with Crippen LogP contribution in [0.5, 0.6) is 0 Å². The molecule has 0 saturated carbocycles. The van der Waals surface area contributed by atoms with Crippen LogP contribution in [0.25, 0.3) is 11.0 Å². The Bertz CT molecular complexity index is 836. The number of carbonyl (C=O) groups excluding carboxylic acids is 1. The lowest BCUT2D eigenvalue weighted by atomic mass is 9.73. The monoisotopic (exact) mass is 353 g/mol. The maximum atomic E-state index is 12.3. The number of amides is 1. The minimum absolute atomic E-state index is 0.170. The number of fused-ring (bicyclic) bond motifs is 1. The number of piperidine rings is 2. The first-order chi connectivity index (χ1) is 12.5. The van der Waals surface area contributed by atoms with E-state index in [1.54, 1.807) is 6.20 Å². The Morgan fingerprint density at radius 1 is 1.19 bits per heavy atom. The first-order valence-electron chi connectivity index (χ1n) is 9.61. The van der Waals surface area contributed by atoms with E-state index in [0.717, 1.165) is 55.2 Å². The third-order valence-corrected chi connectivity index (χ3v) is 5.84. The highest BCUT2D eigenvalue weighted by Gasteiger charge is 2.42. The number of likely N-dealkylation sites (tertiary alicyclic amines) is 1. The summed E-state index contributed by atoms with van der Waals surface area (Å²) in [4.78, 5) is 30.4. The van der Waals surface area contributed by atoms with Crippen LogP contribution in [0.1, 0.15) is 45.4 Å². The second kappa shape index (κ2) is 6.49. The Labute approximate surface area is 154 Å². The van der Waals surface area contributed by atoms with Crippen LogP contribution in [0.3, 0.4) is 0 Å². The quantitative estimate of drug-likeness (QED) is 0.831. The van der Waals surface area contributed by atoms with E-state index >= 15 is 0 Å². The summed E-state index contributed by atoms with van der Waals surface area (Å²) in [6, 6.07) is 4.27. The molecule has 2 saturated heterocycles. The van der Waals surface area contributed by atoms with E-state index in [0.29, 0.717) is 12.3 Å². The number of nitrogens with zero attached hydrogens (tertiary/aromatic N) is 5. The highest BCUT2D eigenvalue weighted by atomic mass is 16.2. The van der Waals surface area contributed by atoms with E-state index in [9.17, 15) is 4.79 Å². The molecule has 1 spiro atoms. The molecule has 0 aromatic carbocycles. The van der Waals surface area contributed by atoms with Crippen molar-refractivity contribution in [3.05, 3.63) is 24.2 Å². The first-order valence-corrected chi connectivity index (χ1v) is 9.61. The Hall–Kier alpha value is -2.24. The number of aromatic nitrogens is 3. The molecule has 2 aliphatic heterocycles. The SMILES string of the molecule is Cc1nc(N2CCC[C@]3(CCC(=O)N(C(C)C)C3)C2)c2cccnc2n1. The van der Waals surface area contributed by atoms with Crippen molar-refractivity contribution in [2.24, 2.45) is 5.41 Å². The van der Waals surface area contributed by atoms with Gasteiger partial charge in [-0.2, -0.15) is 0 Å². The summed E-state index contributed by atoms with van der Waals surface area (Å²) in [6.45, 7) is 8.97. The normalized spacial score (nSPS) is 24.1. The van der Waals surface area contributed by atoms with Crippen molar-refractivity contribution in [2.45, 2.75) is 52.5 Å². The second-order valence-corrected chi connectivity index (χ2v) is 8.11. The first kappa shape index (κ1) is 17.2. The Morgan fingerprint density at radius 2 is 2.04 bits per heavy atom. The van der Waals surface area contributed by atoms with Gasteiger partial charge in [0.05, 0.1) is 5.39 Å². The smallest absolute Gasteiger partial charge is 0.222 e. The van der Waals surface area contributed by atoms with Crippen molar-refractivity contribution >= 4 is 22.8 Å². The Morgan fingerprint density at radius 3 is 2.85 bits per heavy atom. The number of carbonyl (C=O) groups is 1. The van der Waals surface area contributed by atoms with Crippen molar-refractivity contribution in [1.82, 2.24) is 19.9 Å². The molecule has 6 nitrogen and oxygen atoms in total. The van der Waals surface area contributed by atoms with Crippen molar-refractivity contribution in [3.8, 4) is 0 Å². The summed E-state index contributed by atoms with van der Waals surface area (Å²) in [5.74, 6) is 2.05. The molecular weight excluding hydrogens is 326 g/mol. The third kappa shape index (κ3) is 3.02. The van der Waals surface area contributed by atoms with Crippen molar-refractivity contribution < 1.29 is 4.79 Å². The van der Waals surface area contributed by atoms with E-state index in [1.165, 1.54) is 6.42 Å². The molecule has 2 aromatic heterocycles. The molecule has 138 valence electrons. The zero-order valence-electron chi connectivity index (χ0n) is 15.9. The van der Waals surface area contributed by atoms with Gasteiger partial charge in [-0.25, -0.2) is 15.0 Å². The predicted octanol–water partition coefficient (Wildman–Crippen LogP) is 2.95. The zero-order valence-corrected chi connectivity index (χ0v) is 15.9. The van der Waals surface area contributed by atoms with Crippen molar-refractivity contribution in [2.75, 3.05) is 24.5 Å². The van der Waals surface area contributed by atoms with Gasteiger partial charge in [0.15, 0.2) is 5.65 Å². The van der Waals surface area contributed by atoms with Gasteiger partial charge < -0.3 is 9.80 Å². The fourth-order valence-corrected chi connectivity index (χ4v) is 4.53. The number of hydrogen-bond acceptors (Lipinski definition) is 5. The average Bonchev–Trinajstić information content (AvgIpc) is 2.63. The fraction of sp³-hybridized carbons (Fsp3) is 0.600. The molecule has 26 heavy (non-hydrogen) atoms. The van der Waals surface area contributed by atoms with Gasteiger partial charge in [-0.3, -0.25) is 4.79 Å². The largest absolute Gasteiger partial charge is 0.355 e. The van der Waals surface area contributed by atoms with Gasteiger partial charge in [0, 0.05) is 43.7 Å². The molecule has 0 bridgehead atoms. The summed E-state index contributed by atoms with van der Waals surface area (Å²) in [6.07, 6.45) is 5.73. The van der Waals surface area contributed by atoms with Crippen LogP contribution in [0.2, 0.25) is 0 Å². The van der Waals surface area contributed by atoms with E-state index < -0.39 is 0 Å². The maximum Gasteiger partial charge on any atom is 0.222 e. The molecule has 4 heterocycles. The standard InChI is InChI=1S/C20H27N5O/c1-14(2)25-13-20(9-7-17(25)26)8-5-11-24(12-20)19-16-6-4-10-21-18(16)22-15(3)23-19/h4,6,10,14H,5,7-9,11-13H2,1-3H3/t20-/m0/s1. The zero-order chi connectivity index (χ0) is 18.3. The molecule has 0 unspecified atom stereocenters. The number of pyridine rings is 1. The van der Waals surface area contributed by atoms with Crippen LogP contribution in [0.15, 0.2) is 18.3 Å². The van der Waals surface area contributed by atoms with Gasteiger partial charge in [0.1, 0.15) is 11.6 Å². The molecule has 2 fully saturated rings. The van der Waals surface area contributed by atoms with E-state index in [-0.39, 0.29) is 11.5 Å². The van der Waals surface area contributed by atoms with E-state index in [4.69, 9.17) is 4.98 Å². The van der Waals surface area contributed by atoms with Crippen molar-refractivity contribution in [1.29, 1.82) is 0 Å². The molecule has 1 atom stereocenters. The number of aryl methyl sites for hydroxylation is 1. The lowest BCUT2D eigenvalue weighted by molar-refractivity contribution is -0.140. The maximum absolute atomic E-state index is 12.3. The summed E-state index contributed by atoms with van der Waals surface area (Å²) in [7, 11) is 0. The van der Waals surface area contributed by atoms with Gasteiger partial charge in [0.25, 0.3) is 0 Å². The van der Waals surface area contributed by atoms with Gasteiger partial charge in [-0.15, -0.1) is 0 Å². The lowest BCUT2D eigenvalue weighted by Crippen LogP contribution is -2.55. The lowest BCUT2D eigenvalue weighted by Gasteiger charge is -2.49. The number of rotatable bonds is 2. The average molecular weight is 353 g/mol. The molecule has 4 rings (SSSR count). The van der Waals surface area contributed by atoms with Gasteiger partial charge >= 0.3 is 0 Å².